The van der Waals surface area contributed by atoms with Gasteiger partial charge in [-0.25, -0.2) is 4.79 Å². The first-order chi connectivity index (χ1) is 9.05. The summed E-state index contributed by atoms with van der Waals surface area (Å²) in [7, 11) is 0. The van der Waals surface area contributed by atoms with Crippen LogP contribution in [0.4, 0.5) is 0 Å². The first-order valence-electron chi connectivity index (χ1n) is 6.19. The summed E-state index contributed by atoms with van der Waals surface area (Å²) in [6.07, 6.45) is 3.86. The molecule has 0 aliphatic heterocycles. The van der Waals surface area contributed by atoms with E-state index in [1.165, 1.54) is 6.92 Å². The van der Waals surface area contributed by atoms with E-state index >= 15 is 0 Å². The van der Waals surface area contributed by atoms with Gasteiger partial charge in [0.1, 0.15) is 0 Å². The molecular formula is C15H17NO3. The van der Waals surface area contributed by atoms with Crippen LogP contribution in [-0.4, -0.2) is 22.2 Å². The number of carbonyl (C=O) groups excluding carboxylic acids is 1. The lowest BCUT2D eigenvalue weighted by Crippen LogP contribution is -2.34. The normalized spacial score (nSPS) is 13.8. The van der Waals surface area contributed by atoms with Gasteiger partial charge in [-0.3, -0.25) is 0 Å². The molecule has 100 valence electrons. The third-order valence-corrected chi connectivity index (χ3v) is 3.00. The Morgan fingerprint density at radius 1 is 1.26 bits per heavy atom. The predicted octanol–water partition coefficient (Wildman–Crippen LogP) is 2.25. The zero-order valence-corrected chi connectivity index (χ0v) is 11.0. The van der Waals surface area contributed by atoms with Gasteiger partial charge in [-0.05, 0) is 43.7 Å². The summed E-state index contributed by atoms with van der Waals surface area (Å²) in [6, 6.07) is 11.0. The van der Waals surface area contributed by atoms with E-state index in [0.717, 1.165) is 5.69 Å². The van der Waals surface area contributed by atoms with Crippen LogP contribution < -0.4 is 0 Å². The van der Waals surface area contributed by atoms with E-state index in [9.17, 15) is 9.90 Å². The van der Waals surface area contributed by atoms with E-state index < -0.39 is 11.6 Å². The predicted molar refractivity (Wildman–Crippen MR) is 72.0 cm³/mol. The van der Waals surface area contributed by atoms with Crippen molar-refractivity contribution in [1.82, 2.24) is 4.57 Å². The first kappa shape index (κ1) is 13.4. The van der Waals surface area contributed by atoms with Gasteiger partial charge in [-0.1, -0.05) is 12.1 Å². The average Bonchev–Trinajstić information content (AvgIpc) is 2.93. The van der Waals surface area contributed by atoms with Gasteiger partial charge in [0, 0.05) is 18.1 Å². The average molecular weight is 259 g/mol. The van der Waals surface area contributed by atoms with Gasteiger partial charge in [0.2, 0.25) is 0 Å². The Hall–Kier alpha value is -2.07. The molecule has 1 atom stereocenters. The first-order valence-corrected chi connectivity index (χ1v) is 6.19. The summed E-state index contributed by atoms with van der Waals surface area (Å²) in [4.78, 5) is 11.7. The molecule has 0 radical (unpaired) electrons. The van der Waals surface area contributed by atoms with Gasteiger partial charge in [-0.2, -0.15) is 0 Å². The van der Waals surface area contributed by atoms with Crippen LogP contribution in [0.1, 0.15) is 19.4 Å². The summed E-state index contributed by atoms with van der Waals surface area (Å²) >= 11 is 0. The molecule has 2 aromatic rings. The number of aliphatic hydroxyl groups is 1. The van der Waals surface area contributed by atoms with Gasteiger partial charge < -0.3 is 14.4 Å². The monoisotopic (exact) mass is 259 g/mol. The second-order valence-electron chi connectivity index (χ2n) is 4.43. The Bertz CT molecular complexity index is 541. The zero-order chi connectivity index (χ0) is 13.9. The van der Waals surface area contributed by atoms with E-state index in [1.54, 1.807) is 19.1 Å². The van der Waals surface area contributed by atoms with E-state index in [4.69, 9.17) is 4.74 Å². The Morgan fingerprint density at radius 2 is 1.84 bits per heavy atom. The number of ether oxygens (including phenoxy) is 1. The number of hydrogen-bond donors (Lipinski definition) is 1. The van der Waals surface area contributed by atoms with Crippen molar-refractivity contribution in [2.24, 2.45) is 0 Å². The van der Waals surface area contributed by atoms with Crippen LogP contribution in [0.2, 0.25) is 0 Å². The van der Waals surface area contributed by atoms with Gasteiger partial charge >= 0.3 is 5.97 Å². The maximum absolute atomic E-state index is 11.7. The lowest BCUT2D eigenvalue weighted by molar-refractivity contribution is -0.164. The molecule has 2 rings (SSSR count). The molecule has 1 N–H and O–H groups in total. The lowest BCUT2D eigenvalue weighted by atomic mass is 9.96. The van der Waals surface area contributed by atoms with Crippen LogP contribution in [0, 0.1) is 0 Å². The van der Waals surface area contributed by atoms with Crippen LogP contribution >= 0.6 is 0 Å². The van der Waals surface area contributed by atoms with Gasteiger partial charge in [0.15, 0.2) is 5.60 Å². The standard InChI is InChI=1S/C15H17NO3/c1-3-19-14(17)15(2,18)12-6-8-13(9-7-12)16-10-4-5-11-16/h4-11,18H,3H2,1-2H3. The highest BCUT2D eigenvalue weighted by Gasteiger charge is 2.33. The maximum atomic E-state index is 11.7. The topological polar surface area (TPSA) is 51.5 Å². The Morgan fingerprint density at radius 3 is 2.37 bits per heavy atom. The summed E-state index contributed by atoms with van der Waals surface area (Å²) in [5.74, 6) is -0.635. The highest BCUT2D eigenvalue weighted by molar-refractivity contribution is 5.80. The molecule has 1 aromatic carbocycles. The number of rotatable bonds is 4. The minimum absolute atomic E-state index is 0.246. The largest absolute Gasteiger partial charge is 0.464 e. The molecule has 0 aliphatic rings. The quantitative estimate of drug-likeness (QED) is 0.857. The van der Waals surface area contributed by atoms with Crippen molar-refractivity contribution in [3.05, 3.63) is 54.4 Å². The summed E-state index contributed by atoms with van der Waals surface area (Å²) < 4.78 is 6.82. The van der Waals surface area contributed by atoms with Crippen molar-refractivity contribution in [1.29, 1.82) is 0 Å². The molecule has 0 bridgehead atoms. The molecule has 4 heteroatoms. The maximum Gasteiger partial charge on any atom is 0.342 e. The third-order valence-electron chi connectivity index (χ3n) is 3.00. The van der Waals surface area contributed by atoms with Crippen molar-refractivity contribution < 1.29 is 14.6 Å². The highest BCUT2D eigenvalue weighted by Crippen LogP contribution is 2.23. The number of nitrogens with zero attached hydrogens (tertiary/aromatic N) is 1. The molecule has 19 heavy (non-hydrogen) atoms. The van der Waals surface area contributed by atoms with Crippen molar-refractivity contribution in [2.75, 3.05) is 6.61 Å². The van der Waals surface area contributed by atoms with Crippen LogP contribution in [-0.2, 0) is 15.1 Å². The molecule has 1 heterocycles. The van der Waals surface area contributed by atoms with Crippen LogP contribution in [0.5, 0.6) is 0 Å². The fraction of sp³-hybridized carbons (Fsp3) is 0.267. The summed E-state index contributed by atoms with van der Waals surface area (Å²) in [5, 5.41) is 10.2. The molecular weight excluding hydrogens is 242 g/mol. The molecule has 4 nitrogen and oxygen atoms in total. The minimum atomic E-state index is -1.62. The lowest BCUT2D eigenvalue weighted by Gasteiger charge is -2.21. The Kier molecular flexibility index (Phi) is 3.71. The van der Waals surface area contributed by atoms with E-state index in [2.05, 4.69) is 0 Å². The van der Waals surface area contributed by atoms with Crippen molar-refractivity contribution in [2.45, 2.75) is 19.4 Å². The second-order valence-corrected chi connectivity index (χ2v) is 4.43. The van der Waals surface area contributed by atoms with Crippen LogP contribution in [0.3, 0.4) is 0 Å². The summed E-state index contributed by atoms with van der Waals surface area (Å²) in [6.45, 7) is 3.40. The fourth-order valence-electron chi connectivity index (χ4n) is 1.85. The van der Waals surface area contributed by atoms with E-state index in [-0.39, 0.29) is 6.61 Å². The molecule has 0 saturated heterocycles. The van der Waals surface area contributed by atoms with E-state index in [0.29, 0.717) is 5.56 Å². The van der Waals surface area contributed by atoms with Crippen molar-refractivity contribution in [3.8, 4) is 5.69 Å². The molecule has 0 fully saturated rings. The van der Waals surface area contributed by atoms with Crippen molar-refractivity contribution in [3.63, 3.8) is 0 Å². The molecule has 0 aliphatic carbocycles. The molecule has 1 unspecified atom stereocenters. The minimum Gasteiger partial charge on any atom is -0.464 e. The molecule has 1 aromatic heterocycles. The van der Waals surface area contributed by atoms with Crippen LogP contribution in [0.25, 0.3) is 5.69 Å². The second kappa shape index (κ2) is 5.28. The van der Waals surface area contributed by atoms with Gasteiger partial charge in [0.25, 0.3) is 0 Å². The molecule has 0 amide bonds. The zero-order valence-electron chi connectivity index (χ0n) is 11.0. The number of carbonyl (C=O) groups is 1. The van der Waals surface area contributed by atoms with Crippen LogP contribution in [0.15, 0.2) is 48.8 Å². The smallest absolute Gasteiger partial charge is 0.342 e. The Labute approximate surface area is 112 Å². The fourth-order valence-corrected chi connectivity index (χ4v) is 1.85. The van der Waals surface area contributed by atoms with Crippen molar-refractivity contribution >= 4 is 5.97 Å². The SMILES string of the molecule is CCOC(=O)C(C)(O)c1ccc(-n2cccc2)cc1. The summed E-state index contributed by atoms with van der Waals surface area (Å²) in [5.41, 5.74) is -0.138. The highest BCUT2D eigenvalue weighted by atomic mass is 16.5. The Balaban J connectivity index is 2.25. The van der Waals surface area contributed by atoms with Gasteiger partial charge in [0.05, 0.1) is 6.61 Å². The number of benzene rings is 1. The molecule has 0 spiro atoms. The number of esters is 1. The number of aromatic nitrogens is 1. The number of hydrogen-bond acceptors (Lipinski definition) is 3. The van der Waals surface area contributed by atoms with E-state index in [1.807, 2.05) is 41.2 Å². The van der Waals surface area contributed by atoms with Gasteiger partial charge in [-0.15, -0.1) is 0 Å². The third kappa shape index (κ3) is 2.69. The molecule has 0 saturated carbocycles.